The fraction of sp³-hybridized carbons (Fsp3) is 0.176. The maximum absolute atomic E-state index is 14.4. The predicted octanol–water partition coefficient (Wildman–Crippen LogP) is 5.94. The molecule has 5 nitrogen and oxygen atoms in total. The molecular formula is C17H11Cl3F2N2O3. The Labute approximate surface area is 167 Å². The van der Waals surface area contributed by atoms with E-state index in [-0.39, 0.29) is 27.9 Å². The number of alkyl halides is 3. The number of carboxylic acid groups (broad SMARTS) is 1. The van der Waals surface area contributed by atoms with Crippen LogP contribution in [0.3, 0.4) is 0 Å². The van der Waals surface area contributed by atoms with Crippen LogP contribution in [-0.2, 0) is 0 Å². The van der Waals surface area contributed by atoms with Gasteiger partial charge in [0.25, 0.3) is 0 Å². The van der Waals surface area contributed by atoms with E-state index in [1.807, 2.05) is 0 Å². The highest BCUT2D eigenvalue weighted by molar-refractivity contribution is 6.68. The first-order valence-corrected chi connectivity index (χ1v) is 8.63. The summed E-state index contributed by atoms with van der Waals surface area (Å²) in [6, 6.07) is 6.47. The maximum atomic E-state index is 14.4. The standard InChI is InChI=1S/C17H11Cl3F2N2O3/c1-8-5-9(13-10(21)3-2-4-11(13)22)14-12(6-8)27-23-15(14)24(16(25)26)7-17(18,19)20/h2-6H,7H2,1H3,(H,25,26). The molecule has 0 radical (unpaired) electrons. The van der Waals surface area contributed by atoms with E-state index < -0.39 is 28.1 Å². The van der Waals surface area contributed by atoms with Crippen LogP contribution < -0.4 is 4.90 Å². The van der Waals surface area contributed by atoms with Gasteiger partial charge < -0.3 is 9.63 Å². The first-order chi connectivity index (χ1) is 12.6. The van der Waals surface area contributed by atoms with Gasteiger partial charge in [-0.25, -0.2) is 13.6 Å². The summed E-state index contributed by atoms with van der Waals surface area (Å²) >= 11 is 17.2. The number of halogens is 5. The number of hydrogen-bond acceptors (Lipinski definition) is 3. The van der Waals surface area contributed by atoms with Crippen LogP contribution in [0.25, 0.3) is 22.1 Å². The summed E-state index contributed by atoms with van der Waals surface area (Å²) < 4.78 is 32.0. The van der Waals surface area contributed by atoms with Crippen molar-refractivity contribution in [3.8, 4) is 11.1 Å². The third-order valence-electron chi connectivity index (χ3n) is 3.76. The molecule has 0 atom stereocenters. The molecule has 1 N–H and O–H groups in total. The minimum absolute atomic E-state index is 0.0763. The van der Waals surface area contributed by atoms with E-state index in [2.05, 4.69) is 5.16 Å². The predicted molar refractivity (Wildman–Crippen MR) is 99.8 cm³/mol. The van der Waals surface area contributed by atoms with Crippen LogP contribution in [0.5, 0.6) is 0 Å². The summed E-state index contributed by atoms with van der Waals surface area (Å²) in [4.78, 5) is 12.3. The number of anilines is 1. The number of aromatic nitrogens is 1. The second kappa shape index (κ2) is 7.14. The molecule has 142 valence electrons. The Balaban J connectivity index is 2.33. The fourth-order valence-corrected chi connectivity index (χ4v) is 3.10. The van der Waals surface area contributed by atoms with Crippen molar-refractivity contribution in [2.24, 2.45) is 0 Å². The second-order valence-corrected chi connectivity index (χ2v) is 8.29. The van der Waals surface area contributed by atoms with Gasteiger partial charge >= 0.3 is 6.09 Å². The Hall–Kier alpha value is -2.09. The molecule has 0 aliphatic carbocycles. The Bertz CT molecular complexity index is 1010. The lowest BCUT2D eigenvalue weighted by molar-refractivity contribution is 0.201. The van der Waals surface area contributed by atoms with E-state index in [0.29, 0.717) is 10.5 Å². The highest BCUT2D eigenvalue weighted by atomic mass is 35.6. The summed E-state index contributed by atoms with van der Waals surface area (Å²) in [5.41, 5.74) is 0.506. The van der Waals surface area contributed by atoms with Crippen LogP contribution in [0, 0.1) is 18.6 Å². The highest BCUT2D eigenvalue weighted by Crippen LogP contribution is 2.40. The lowest BCUT2D eigenvalue weighted by Crippen LogP contribution is -2.37. The van der Waals surface area contributed by atoms with Crippen LogP contribution >= 0.6 is 34.8 Å². The normalized spacial score (nSPS) is 11.8. The topological polar surface area (TPSA) is 66.6 Å². The van der Waals surface area contributed by atoms with Gasteiger partial charge in [-0.3, -0.25) is 4.90 Å². The molecule has 0 saturated heterocycles. The summed E-state index contributed by atoms with van der Waals surface area (Å²) in [6.45, 7) is 1.13. The Morgan fingerprint density at radius 3 is 2.44 bits per heavy atom. The molecule has 3 rings (SSSR count). The molecular weight excluding hydrogens is 425 g/mol. The van der Waals surface area contributed by atoms with Gasteiger partial charge in [0.15, 0.2) is 11.4 Å². The summed E-state index contributed by atoms with van der Waals surface area (Å²) in [5.74, 6) is -1.88. The van der Waals surface area contributed by atoms with Crippen molar-refractivity contribution in [1.29, 1.82) is 0 Å². The van der Waals surface area contributed by atoms with Crippen molar-refractivity contribution in [1.82, 2.24) is 5.16 Å². The molecule has 0 fully saturated rings. The second-order valence-electron chi connectivity index (χ2n) is 5.77. The quantitative estimate of drug-likeness (QED) is 0.517. The lowest BCUT2D eigenvalue weighted by atomic mass is 9.98. The van der Waals surface area contributed by atoms with Gasteiger partial charge in [0, 0.05) is 5.56 Å². The van der Waals surface area contributed by atoms with Gasteiger partial charge in [-0.15, -0.1) is 0 Å². The zero-order chi connectivity index (χ0) is 19.9. The number of rotatable bonds is 3. The maximum Gasteiger partial charge on any atom is 0.413 e. The van der Waals surface area contributed by atoms with Crippen LogP contribution in [-0.4, -0.2) is 26.7 Å². The highest BCUT2D eigenvalue weighted by Gasteiger charge is 2.32. The molecule has 1 amide bonds. The zero-order valence-corrected chi connectivity index (χ0v) is 15.9. The number of carbonyl (C=O) groups is 1. The minimum Gasteiger partial charge on any atom is -0.465 e. The third-order valence-corrected chi connectivity index (χ3v) is 4.12. The number of amides is 1. The summed E-state index contributed by atoms with van der Waals surface area (Å²) in [6.07, 6.45) is -1.47. The van der Waals surface area contributed by atoms with Crippen molar-refractivity contribution in [2.75, 3.05) is 11.4 Å². The minimum atomic E-state index is -1.95. The van der Waals surface area contributed by atoms with Crippen LogP contribution in [0.2, 0.25) is 0 Å². The zero-order valence-electron chi connectivity index (χ0n) is 13.6. The van der Waals surface area contributed by atoms with Gasteiger partial charge in [0.1, 0.15) is 11.6 Å². The first kappa shape index (κ1) is 19.7. The Morgan fingerprint density at radius 2 is 1.89 bits per heavy atom. The molecule has 0 aliphatic rings. The van der Waals surface area contributed by atoms with Gasteiger partial charge in [-0.2, -0.15) is 0 Å². The SMILES string of the molecule is Cc1cc(-c2c(F)cccc2F)c2c(N(CC(Cl)(Cl)Cl)C(=O)O)noc2c1. The van der Waals surface area contributed by atoms with Crippen molar-refractivity contribution in [2.45, 2.75) is 10.7 Å². The smallest absolute Gasteiger partial charge is 0.413 e. The number of aryl methyl sites for hydroxylation is 1. The van der Waals surface area contributed by atoms with E-state index in [4.69, 9.17) is 39.3 Å². The van der Waals surface area contributed by atoms with Gasteiger partial charge in [0.05, 0.1) is 17.5 Å². The van der Waals surface area contributed by atoms with Crippen molar-refractivity contribution in [3.05, 3.63) is 47.5 Å². The molecule has 27 heavy (non-hydrogen) atoms. The van der Waals surface area contributed by atoms with Gasteiger partial charge in [-0.05, 0) is 30.7 Å². The largest absolute Gasteiger partial charge is 0.465 e. The van der Waals surface area contributed by atoms with Crippen LogP contribution in [0.4, 0.5) is 19.4 Å². The molecule has 2 aromatic carbocycles. The average Bonchev–Trinajstić information content (AvgIpc) is 2.94. The van der Waals surface area contributed by atoms with E-state index in [0.717, 1.165) is 12.1 Å². The first-order valence-electron chi connectivity index (χ1n) is 7.50. The van der Waals surface area contributed by atoms with E-state index in [1.54, 1.807) is 13.0 Å². The Kier molecular flexibility index (Phi) is 5.20. The van der Waals surface area contributed by atoms with Gasteiger partial charge in [0.2, 0.25) is 3.79 Å². The van der Waals surface area contributed by atoms with E-state index in [9.17, 15) is 18.7 Å². The molecule has 1 heterocycles. The molecule has 10 heteroatoms. The molecule has 1 aromatic heterocycles. The van der Waals surface area contributed by atoms with Gasteiger partial charge in [-0.1, -0.05) is 52.1 Å². The third kappa shape index (κ3) is 3.95. The number of hydrogen-bond donors (Lipinski definition) is 1. The van der Waals surface area contributed by atoms with Crippen LogP contribution in [0.15, 0.2) is 34.9 Å². The summed E-state index contributed by atoms with van der Waals surface area (Å²) in [7, 11) is 0. The molecule has 0 bridgehead atoms. The van der Waals surface area contributed by atoms with E-state index in [1.165, 1.54) is 12.1 Å². The summed E-state index contributed by atoms with van der Waals surface area (Å²) in [5, 5.41) is 13.3. The van der Waals surface area contributed by atoms with E-state index >= 15 is 0 Å². The average molecular weight is 436 g/mol. The van der Waals surface area contributed by atoms with Crippen molar-refractivity contribution in [3.63, 3.8) is 0 Å². The molecule has 0 unspecified atom stereocenters. The molecule has 0 aliphatic heterocycles. The van der Waals surface area contributed by atoms with Crippen molar-refractivity contribution >= 4 is 57.7 Å². The number of benzene rings is 2. The molecule has 0 spiro atoms. The number of nitrogens with zero attached hydrogens (tertiary/aromatic N) is 2. The molecule has 3 aromatic rings. The fourth-order valence-electron chi connectivity index (χ4n) is 2.74. The van der Waals surface area contributed by atoms with Crippen molar-refractivity contribution < 1.29 is 23.2 Å². The lowest BCUT2D eigenvalue weighted by Gasteiger charge is -2.21. The molecule has 0 saturated carbocycles. The number of fused-ring (bicyclic) bond motifs is 1. The Morgan fingerprint density at radius 1 is 1.26 bits per heavy atom. The monoisotopic (exact) mass is 434 g/mol. The van der Waals surface area contributed by atoms with Crippen LogP contribution in [0.1, 0.15) is 5.56 Å².